The van der Waals surface area contributed by atoms with Crippen molar-refractivity contribution in [2.45, 2.75) is 13.8 Å². The summed E-state index contributed by atoms with van der Waals surface area (Å²) in [5.74, 6) is 1.54. The van der Waals surface area contributed by atoms with E-state index in [1.54, 1.807) is 0 Å². The molecule has 0 aliphatic carbocycles. The Bertz CT molecular complexity index is 273. The van der Waals surface area contributed by atoms with E-state index in [0.717, 1.165) is 18.9 Å². The molecule has 0 fully saturated rings. The molecule has 0 radical (unpaired) electrons. The van der Waals surface area contributed by atoms with Gasteiger partial charge in [-0.25, -0.2) is 0 Å². The van der Waals surface area contributed by atoms with Crippen LogP contribution in [0.3, 0.4) is 0 Å². The zero-order valence-electron chi connectivity index (χ0n) is 9.21. The van der Waals surface area contributed by atoms with Gasteiger partial charge in [0.05, 0.1) is 6.61 Å². The number of nitrogens with one attached hydrogen (secondary N) is 1. The third kappa shape index (κ3) is 3.38. The Balaban J connectivity index is 2.41. The Hall–Kier alpha value is -1.02. The second-order valence-corrected chi connectivity index (χ2v) is 3.74. The van der Waals surface area contributed by atoms with Gasteiger partial charge in [-0.3, -0.25) is 0 Å². The molecule has 1 N–H and O–H groups in total. The normalized spacial score (nSPS) is 12.5. The van der Waals surface area contributed by atoms with Crippen LogP contribution in [0.25, 0.3) is 0 Å². The first-order valence-electron chi connectivity index (χ1n) is 5.07. The number of hydrogen-bond acceptors (Lipinski definition) is 2. The van der Waals surface area contributed by atoms with E-state index in [1.165, 1.54) is 5.56 Å². The summed E-state index contributed by atoms with van der Waals surface area (Å²) in [5, 5.41) is 3.14. The number of hydrogen-bond donors (Lipinski definition) is 1. The fourth-order valence-corrected chi connectivity index (χ4v) is 1.36. The molecule has 1 rings (SSSR count). The topological polar surface area (TPSA) is 21.3 Å². The summed E-state index contributed by atoms with van der Waals surface area (Å²) in [4.78, 5) is 0. The summed E-state index contributed by atoms with van der Waals surface area (Å²) in [7, 11) is 1.96. The summed E-state index contributed by atoms with van der Waals surface area (Å²) in [6, 6.07) is 8.11. The fourth-order valence-electron chi connectivity index (χ4n) is 1.36. The minimum absolute atomic E-state index is 0.541. The number of rotatable bonds is 5. The Morgan fingerprint density at radius 2 is 2.07 bits per heavy atom. The maximum Gasteiger partial charge on any atom is 0.122 e. The first-order valence-corrected chi connectivity index (χ1v) is 5.07. The van der Waals surface area contributed by atoms with Crippen LogP contribution in [-0.2, 0) is 0 Å². The second kappa shape index (κ2) is 5.66. The van der Waals surface area contributed by atoms with Crippen molar-refractivity contribution in [3.05, 3.63) is 29.8 Å². The molecule has 0 heterocycles. The van der Waals surface area contributed by atoms with E-state index in [9.17, 15) is 0 Å². The molecule has 1 aromatic rings. The molecule has 1 unspecified atom stereocenters. The van der Waals surface area contributed by atoms with Crippen LogP contribution >= 0.6 is 0 Å². The van der Waals surface area contributed by atoms with Crippen molar-refractivity contribution in [1.29, 1.82) is 0 Å². The molecule has 0 aliphatic heterocycles. The highest BCUT2D eigenvalue weighted by Gasteiger charge is 2.02. The van der Waals surface area contributed by atoms with Crippen molar-refractivity contribution in [2.24, 2.45) is 5.92 Å². The van der Waals surface area contributed by atoms with Crippen molar-refractivity contribution in [3.63, 3.8) is 0 Å². The van der Waals surface area contributed by atoms with Gasteiger partial charge < -0.3 is 10.1 Å². The van der Waals surface area contributed by atoms with Gasteiger partial charge >= 0.3 is 0 Å². The monoisotopic (exact) mass is 193 g/mol. The molecule has 0 amide bonds. The van der Waals surface area contributed by atoms with Crippen LogP contribution in [0.15, 0.2) is 24.3 Å². The molecule has 2 nitrogen and oxygen atoms in total. The molecule has 14 heavy (non-hydrogen) atoms. The lowest BCUT2D eigenvalue weighted by molar-refractivity contribution is 0.256. The van der Waals surface area contributed by atoms with Gasteiger partial charge in [0.15, 0.2) is 0 Å². The first-order chi connectivity index (χ1) is 6.74. The number of ether oxygens (including phenoxy) is 1. The van der Waals surface area contributed by atoms with Gasteiger partial charge in [-0.05, 0) is 25.6 Å². The molecule has 0 saturated carbocycles. The summed E-state index contributed by atoms with van der Waals surface area (Å²) in [6.45, 7) is 6.00. The highest BCUT2D eigenvalue weighted by molar-refractivity contribution is 5.31. The molecule has 0 aromatic heterocycles. The molecule has 0 bridgehead atoms. The number of para-hydroxylation sites is 1. The predicted molar refractivity (Wildman–Crippen MR) is 59.8 cm³/mol. The van der Waals surface area contributed by atoms with Crippen LogP contribution in [0.2, 0.25) is 0 Å². The molecule has 0 saturated heterocycles. The van der Waals surface area contributed by atoms with Crippen LogP contribution in [0.5, 0.6) is 5.75 Å². The largest absolute Gasteiger partial charge is 0.493 e. The van der Waals surface area contributed by atoms with Crippen molar-refractivity contribution >= 4 is 0 Å². The van der Waals surface area contributed by atoms with Crippen molar-refractivity contribution in [2.75, 3.05) is 20.2 Å². The lowest BCUT2D eigenvalue weighted by Crippen LogP contribution is -2.21. The highest BCUT2D eigenvalue weighted by atomic mass is 16.5. The van der Waals surface area contributed by atoms with E-state index in [-0.39, 0.29) is 0 Å². The van der Waals surface area contributed by atoms with Crippen LogP contribution in [0.4, 0.5) is 0 Å². The standard InChI is InChI=1S/C12H19NO/c1-10(8-13-3)9-14-12-7-5-4-6-11(12)2/h4-7,10,13H,8-9H2,1-3H3. The molecule has 1 atom stereocenters. The Kier molecular flexibility index (Phi) is 4.47. The van der Waals surface area contributed by atoms with Gasteiger partial charge in [0.1, 0.15) is 5.75 Å². The number of aryl methyl sites for hydroxylation is 1. The van der Waals surface area contributed by atoms with E-state index in [0.29, 0.717) is 5.92 Å². The van der Waals surface area contributed by atoms with Crippen molar-refractivity contribution in [3.8, 4) is 5.75 Å². The zero-order chi connectivity index (χ0) is 10.4. The van der Waals surface area contributed by atoms with Gasteiger partial charge in [0.25, 0.3) is 0 Å². The van der Waals surface area contributed by atoms with Gasteiger partial charge in [0.2, 0.25) is 0 Å². The highest BCUT2D eigenvalue weighted by Crippen LogP contribution is 2.16. The Morgan fingerprint density at radius 1 is 1.36 bits per heavy atom. The predicted octanol–water partition coefficient (Wildman–Crippen LogP) is 2.23. The maximum atomic E-state index is 5.71. The summed E-state index contributed by atoms with van der Waals surface area (Å²) in [5.41, 5.74) is 1.20. The smallest absolute Gasteiger partial charge is 0.122 e. The molecule has 78 valence electrons. The van der Waals surface area contributed by atoms with Gasteiger partial charge in [-0.1, -0.05) is 25.1 Å². The Morgan fingerprint density at radius 3 is 2.71 bits per heavy atom. The molecular formula is C12H19NO. The van der Waals surface area contributed by atoms with E-state index in [2.05, 4.69) is 25.2 Å². The van der Waals surface area contributed by atoms with E-state index in [1.807, 2.05) is 25.2 Å². The minimum atomic E-state index is 0.541. The Labute approximate surface area is 86.3 Å². The summed E-state index contributed by atoms with van der Waals surface area (Å²) < 4.78 is 5.71. The molecular weight excluding hydrogens is 174 g/mol. The molecule has 0 spiro atoms. The zero-order valence-corrected chi connectivity index (χ0v) is 9.21. The van der Waals surface area contributed by atoms with Crippen LogP contribution < -0.4 is 10.1 Å². The summed E-state index contributed by atoms with van der Waals surface area (Å²) >= 11 is 0. The SMILES string of the molecule is CNCC(C)COc1ccccc1C. The van der Waals surface area contributed by atoms with Crippen molar-refractivity contribution in [1.82, 2.24) is 5.32 Å². The quantitative estimate of drug-likeness (QED) is 0.774. The second-order valence-electron chi connectivity index (χ2n) is 3.74. The van der Waals surface area contributed by atoms with E-state index in [4.69, 9.17) is 4.74 Å². The molecule has 0 aliphatic rings. The fraction of sp³-hybridized carbons (Fsp3) is 0.500. The first kappa shape index (κ1) is 11.1. The van der Waals surface area contributed by atoms with E-state index < -0.39 is 0 Å². The van der Waals surface area contributed by atoms with Crippen LogP contribution in [0.1, 0.15) is 12.5 Å². The molecule has 2 heteroatoms. The van der Waals surface area contributed by atoms with Crippen LogP contribution in [-0.4, -0.2) is 20.2 Å². The van der Waals surface area contributed by atoms with Gasteiger partial charge in [0, 0.05) is 12.5 Å². The van der Waals surface area contributed by atoms with Crippen molar-refractivity contribution < 1.29 is 4.74 Å². The average Bonchev–Trinajstić information content (AvgIpc) is 2.17. The lowest BCUT2D eigenvalue weighted by Gasteiger charge is -2.13. The minimum Gasteiger partial charge on any atom is -0.493 e. The van der Waals surface area contributed by atoms with Gasteiger partial charge in [-0.15, -0.1) is 0 Å². The maximum absolute atomic E-state index is 5.71. The number of benzene rings is 1. The average molecular weight is 193 g/mol. The van der Waals surface area contributed by atoms with Gasteiger partial charge in [-0.2, -0.15) is 0 Å². The summed E-state index contributed by atoms with van der Waals surface area (Å²) in [6.07, 6.45) is 0. The van der Waals surface area contributed by atoms with Crippen LogP contribution in [0, 0.1) is 12.8 Å². The van der Waals surface area contributed by atoms with E-state index >= 15 is 0 Å². The lowest BCUT2D eigenvalue weighted by atomic mass is 10.2. The molecule has 1 aromatic carbocycles. The third-order valence-corrected chi connectivity index (χ3v) is 2.17. The third-order valence-electron chi connectivity index (χ3n) is 2.17.